The fraction of sp³-hybridized carbons (Fsp3) is 1.00. The third-order valence-electron chi connectivity index (χ3n) is 2.57. The van der Waals surface area contributed by atoms with Crippen molar-refractivity contribution in [3.05, 3.63) is 0 Å². The summed E-state index contributed by atoms with van der Waals surface area (Å²) in [7, 11) is 2.22. The molecule has 11 heavy (non-hydrogen) atoms. The molecule has 0 spiro atoms. The van der Waals surface area contributed by atoms with Crippen molar-refractivity contribution in [2.45, 2.75) is 13.8 Å². The van der Waals surface area contributed by atoms with Gasteiger partial charge >= 0.3 is 0 Å². The van der Waals surface area contributed by atoms with Gasteiger partial charge in [-0.3, -0.25) is 0 Å². The van der Waals surface area contributed by atoms with Crippen LogP contribution in [0.25, 0.3) is 0 Å². The number of nitrogens with one attached hydrogen (secondary N) is 1. The van der Waals surface area contributed by atoms with Crippen LogP contribution in [0.1, 0.15) is 13.8 Å². The molecule has 0 bridgehead atoms. The predicted octanol–water partition coefficient (Wildman–Crippen LogP) is 0.794. The van der Waals surface area contributed by atoms with Crippen LogP contribution in [0.15, 0.2) is 0 Å². The summed E-state index contributed by atoms with van der Waals surface area (Å²) in [4.78, 5) is 2.44. The van der Waals surface area contributed by atoms with Crippen LogP contribution in [-0.2, 0) is 0 Å². The van der Waals surface area contributed by atoms with Crippen LogP contribution < -0.4 is 5.32 Å². The van der Waals surface area contributed by atoms with E-state index in [1.165, 1.54) is 26.2 Å². The maximum absolute atomic E-state index is 3.42. The fourth-order valence-corrected chi connectivity index (χ4v) is 2.09. The Bertz CT molecular complexity index is 102. The summed E-state index contributed by atoms with van der Waals surface area (Å²) in [5.74, 6) is 1.94. The highest BCUT2D eigenvalue weighted by atomic mass is 15.2. The molecular formula is C9H20N2. The van der Waals surface area contributed by atoms with Gasteiger partial charge in [0.25, 0.3) is 0 Å². The van der Waals surface area contributed by atoms with Crippen LogP contribution in [0.4, 0.5) is 0 Å². The summed E-state index contributed by atoms with van der Waals surface area (Å²) < 4.78 is 0. The average Bonchev–Trinajstić information content (AvgIpc) is 2.51. The zero-order valence-corrected chi connectivity index (χ0v) is 7.93. The van der Waals surface area contributed by atoms with Gasteiger partial charge in [0.15, 0.2) is 0 Å². The molecule has 2 aliphatic heterocycles. The van der Waals surface area contributed by atoms with Gasteiger partial charge in [-0.2, -0.15) is 0 Å². The fourth-order valence-electron chi connectivity index (χ4n) is 2.09. The van der Waals surface area contributed by atoms with Crippen molar-refractivity contribution in [2.75, 3.05) is 33.2 Å². The van der Waals surface area contributed by atoms with Crippen molar-refractivity contribution in [3.63, 3.8) is 0 Å². The third kappa shape index (κ3) is 1.94. The second-order valence-corrected chi connectivity index (χ2v) is 3.40. The van der Waals surface area contributed by atoms with Crippen LogP contribution in [-0.4, -0.2) is 38.1 Å². The first-order valence-electron chi connectivity index (χ1n) is 4.75. The summed E-state index contributed by atoms with van der Waals surface area (Å²) in [6.07, 6.45) is 0. The molecule has 2 saturated heterocycles. The largest absolute Gasteiger partial charge is 0.316 e. The first-order valence-corrected chi connectivity index (χ1v) is 4.75. The lowest BCUT2D eigenvalue weighted by Gasteiger charge is -2.07. The standard InChI is InChI=1S/C7H14N2.C2H6/c1-9-4-6-2-8-3-7(6)5-9;1-2/h6-8H,2-5H2,1H3;1-2H3/t6-,7+;. The van der Waals surface area contributed by atoms with Crippen LogP contribution in [0.3, 0.4) is 0 Å². The van der Waals surface area contributed by atoms with E-state index in [9.17, 15) is 0 Å². The molecule has 0 amide bonds. The molecule has 2 heterocycles. The Hall–Kier alpha value is -0.0800. The van der Waals surface area contributed by atoms with E-state index in [1.807, 2.05) is 13.8 Å². The Kier molecular flexibility index (Phi) is 3.34. The van der Waals surface area contributed by atoms with E-state index in [0.717, 1.165) is 11.8 Å². The number of fused-ring (bicyclic) bond motifs is 1. The number of likely N-dealkylation sites (tertiary alicyclic amines) is 1. The van der Waals surface area contributed by atoms with Crippen molar-refractivity contribution >= 4 is 0 Å². The van der Waals surface area contributed by atoms with Gasteiger partial charge in [0.1, 0.15) is 0 Å². The maximum Gasteiger partial charge on any atom is 0.00225 e. The quantitative estimate of drug-likeness (QED) is 0.558. The smallest absolute Gasteiger partial charge is 0.00225 e. The van der Waals surface area contributed by atoms with Crippen LogP contribution in [0.5, 0.6) is 0 Å². The molecule has 2 rings (SSSR count). The molecule has 1 N–H and O–H groups in total. The minimum Gasteiger partial charge on any atom is -0.316 e. The molecule has 0 saturated carbocycles. The number of hydrogen-bond donors (Lipinski definition) is 1. The molecule has 2 atom stereocenters. The minimum absolute atomic E-state index is 0.968. The number of rotatable bonds is 0. The SMILES string of the molecule is CC.CN1C[C@H]2CNC[C@H]2C1. The molecule has 0 radical (unpaired) electrons. The highest BCUT2D eigenvalue weighted by Gasteiger charge is 2.33. The third-order valence-corrected chi connectivity index (χ3v) is 2.57. The first kappa shape index (κ1) is 9.01. The van der Waals surface area contributed by atoms with Crippen molar-refractivity contribution in [2.24, 2.45) is 11.8 Å². The van der Waals surface area contributed by atoms with Gasteiger partial charge in [-0.15, -0.1) is 0 Å². The van der Waals surface area contributed by atoms with Crippen molar-refractivity contribution in [3.8, 4) is 0 Å². The first-order chi connectivity index (χ1) is 5.36. The zero-order valence-electron chi connectivity index (χ0n) is 7.93. The molecule has 0 aromatic rings. The molecule has 2 nitrogen and oxygen atoms in total. The van der Waals surface area contributed by atoms with Crippen molar-refractivity contribution in [1.82, 2.24) is 10.2 Å². The molecule has 0 aromatic carbocycles. The predicted molar refractivity (Wildman–Crippen MR) is 48.7 cm³/mol. The molecule has 0 unspecified atom stereocenters. The van der Waals surface area contributed by atoms with Gasteiger partial charge in [0.2, 0.25) is 0 Å². The lowest BCUT2D eigenvalue weighted by molar-refractivity contribution is 0.382. The van der Waals surface area contributed by atoms with E-state index >= 15 is 0 Å². The highest BCUT2D eigenvalue weighted by molar-refractivity contribution is 4.89. The zero-order chi connectivity index (χ0) is 8.27. The average molecular weight is 156 g/mol. The Morgan fingerprint density at radius 2 is 1.55 bits per heavy atom. The molecule has 2 aliphatic rings. The minimum atomic E-state index is 0.968. The molecule has 66 valence electrons. The van der Waals surface area contributed by atoms with E-state index in [0.29, 0.717) is 0 Å². The van der Waals surface area contributed by atoms with Crippen molar-refractivity contribution in [1.29, 1.82) is 0 Å². The molecular weight excluding hydrogens is 136 g/mol. The summed E-state index contributed by atoms with van der Waals surface area (Å²) >= 11 is 0. The summed E-state index contributed by atoms with van der Waals surface area (Å²) in [6.45, 7) is 9.15. The topological polar surface area (TPSA) is 15.3 Å². The summed E-state index contributed by atoms with van der Waals surface area (Å²) in [5.41, 5.74) is 0. The number of hydrogen-bond acceptors (Lipinski definition) is 2. The van der Waals surface area contributed by atoms with Crippen molar-refractivity contribution < 1.29 is 0 Å². The van der Waals surface area contributed by atoms with E-state index in [1.54, 1.807) is 0 Å². The Morgan fingerprint density at radius 1 is 1.09 bits per heavy atom. The molecule has 2 fully saturated rings. The molecule has 0 aromatic heterocycles. The summed E-state index contributed by atoms with van der Waals surface area (Å²) in [5, 5.41) is 3.42. The van der Waals surface area contributed by atoms with Gasteiger partial charge < -0.3 is 10.2 Å². The van der Waals surface area contributed by atoms with E-state index < -0.39 is 0 Å². The van der Waals surface area contributed by atoms with E-state index in [-0.39, 0.29) is 0 Å². The van der Waals surface area contributed by atoms with Gasteiger partial charge in [-0.25, -0.2) is 0 Å². The van der Waals surface area contributed by atoms with Crippen LogP contribution in [0, 0.1) is 11.8 Å². The monoisotopic (exact) mass is 156 g/mol. The highest BCUT2D eigenvalue weighted by Crippen LogP contribution is 2.24. The maximum atomic E-state index is 3.42. The Labute approximate surface area is 70.0 Å². The molecule has 2 heteroatoms. The summed E-state index contributed by atoms with van der Waals surface area (Å²) in [6, 6.07) is 0. The van der Waals surface area contributed by atoms with Gasteiger partial charge in [0.05, 0.1) is 0 Å². The second kappa shape index (κ2) is 4.07. The Balaban J connectivity index is 0.000000281. The Morgan fingerprint density at radius 3 is 2.00 bits per heavy atom. The number of nitrogens with zero attached hydrogens (tertiary/aromatic N) is 1. The second-order valence-electron chi connectivity index (χ2n) is 3.40. The molecule has 0 aliphatic carbocycles. The van der Waals surface area contributed by atoms with E-state index in [4.69, 9.17) is 0 Å². The van der Waals surface area contributed by atoms with E-state index in [2.05, 4.69) is 17.3 Å². The normalized spacial score (nSPS) is 36.3. The lowest BCUT2D eigenvalue weighted by Crippen LogP contribution is -2.21. The van der Waals surface area contributed by atoms with Crippen LogP contribution in [0.2, 0.25) is 0 Å². The van der Waals surface area contributed by atoms with Gasteiger partial charge in [-0.1, -0.05) is 13.8 Å². The van der Waals surface area contributed by atoms with Gasteiger partial charge in [0, 0.05) is 13.1 Å². The lowest BCUT2D eigenvalue weighted by atomic mass is 10.0. The van der Waals surface area contributed by atoms with Crippen LogP contribution >= 0.6 is 0 Å². The van der Waals surface area contributed by atoms with Gasteiger partial charge in [-0.05, 0) is 32.0 Å².